The van der Waals surface area contributed by atoms with Gasteiger partial charge in [-0.2, -0.15) is 0 Å². The smallest absolute Gasteiger partial charge is 0.348 e. The largest absolute Gasteiger partial charge is 0.497 e. The summed E-state index contributed by atoms with van der Waals surface area (Å²) in [6.45, 7) is 2.23. The molecule has 0 aliphatic carbocycles. The number of likely N-dealkylation sites (N-methyl/N-ethyl adjacent to an activating group) is 1. The molecule has 0 spiro atoms. The van der Waals surface area contributed by atoms with E-state index < -0.39 is 11.9 Å². The van der Waals surface area contributed by atoms with E-state index >= 15 is 0 Å². The van der Waals surface area contributed by atoms with Gasteiger partial charge in [-0.25, -0.2) is 9.59 Å². The van der Waals surface area contributed by atoms with Crippen molar-refractivity contribution in [1.29, 1.82) is 0 Å². The number of thiophene rings is 1. The van der Waals surface area contributed by atoms with Crippen molar-refractivity contribution in [2.45, 2.75) is 13.5 Å². The number of methoxy groups -OCH3 is 3. The lowest BCUT2D eigenvalue weighted by Gasteiger charge is -2.16. The van der Waals surface area contributed by atoms with Crippen LogP contribution >= 0.6 is 11.3 Å². The minimum absolute atomic E-state index is 0.0856. The third-order valence-electron chi connectivity index (χ3n) is 4.16. The number of hydrogen-bond acceptors (Lipinski definition) is 8. The van der Waals surface area contributed by atoms with E-state index in [4.69, 9.17) is 14.2 Å². The van der Waals surface area contributed by atoms with Gasteiger partial charge in [0.2, 0.25) is 5.91 Å². The van der Waals surface area contributed by atoms with Crippen molar-refractivity contribution in [3.63, 3.8) is 0 Å². The molecule has 0 saturated carbocycles. The maximum Gasteiger partial charge on any atom is 0.348 e. The highest BCUT2D eigenvalue weighted by molar-refractivity contribution is 7.18. The van der Waals surface area contributed by atoms with Gasteiger partial charge in [0.25, 0.3) is 0 Å². The van der Waals surface area contributed by atoms with Crippen molar-refractivity contribution in [1.82, 2.24) is 4.90 Å². The van der Waals surface area contributed by atoms with E-state index in [1.54, 1.807) is 21.1 Å². The van der Waals surface area contributed by atoms with Gasteiger partial charge in [0.15, 0.2) is 0 Å². The van der Waals surface area contributed by atoms with E-state index in [2.05, 4.69) is 5.32 Å². The van der Waals surface area contributed by atoms with Gasteiger partial charge in [-0.1, -0.05) is 12.1 Å². The van der Waals surface area contributed by atoms with E-state index in [1.165, 1.54) is 14.2 Å². The highest BCUT2D eigenvalue weighted by atomic mass is 32.1. The monoisotopic (exact) mass is 420 g/mol. The Labute approximate surface area is 173 Å². The number of anilines is 1. The van der Waals surface area contributed by atoms with Crippen LogP contribution in [0.5, 0.6) is 5.75 Å². The van der Waals surface area contributed by atoms with Gasteiger partial charge >= 0.3 is 11.9 Å². The maximum absolute atomic E-state index is 12.5. The first-order valence-electron chi connectivity index (χ1n) is 8.72. The number of nitrogens with one attached hydrogen (secondary N) is 1. The molecule has 9 heteroatoms. The van der Waals surface area contributed by atoms with Gasteiger partial charge in [0.1, 0.15) is 15.6 Å². The van der Waals surface area contributed by atoms with Crippen LogP contribution in [-0.2, 0) is 20.8 Å². The molecule has 0 aliphatic heterocycles. The molecule has 2 rings (SSSR count). The zero-order chi connectivity index (χ0) is 21.6. The van der Waals surface area contributed by atoms with Crippen LogP contribution in [0.4, 0.5) is 5.00 Å². The molecule has 0 aliphatic rings. The molecule has 8 nitrogen and oxygen atoms in total. The molecule has 0 unspecified atom stereocenters. The third kappa shape index (κ3) is 5.55. The molecule has 1 heterocycles. The topological polar surface area (TPSA) is 94.2 Å². The van der Waals surface area contributed by atoms with Crippen LogP contribution in [0, 0.1) is 6.92 Å². The molecule has 1 aromatic carbocycles. The van der Waals surface area contributed by atoms with Gasteiger partial charge in [0, 0.05) is 6.54 Å². The fourth-order valence-electron chi connectivity index (χ4n) is 2.79. The zero-order valence-corrected chi connectivity index (χ0v) is 17.8. The number of carbonyl (C=O) groups excluding carboxylic acids is 3. The molecule has 0 atom stereocenters. The summed E-state index contributed by atoms with van der Waals surface area (Å²) >= 11 is 0.984. The van der Waals surface area contributed by atoms with E-state index in [0.717, 1.165) is 22.6 Å². The van der Waals surface area contributed by atoms with Crippen LogP contribution in [0.3, 0.4) is 0 Å². The summed E-state index contributed by atoms with van der Waals surface area (Å²) in [7, 11) is 5.90. The Kier molecular flexibility index (Phi) is 7.74. The van der Waals surface area contributed by atoms with E-state index in [1.807, 2.05) is 29.2 Å². The Morgan fingerprint density at radius 2 is 1.79 bits per heavy atom. The van der Waals surface area contributed by atoms with Crippen LogP contribution in [0.25, 0.3) is 0 Å². The Balaban J connectivity index is 2.12. The Hall–Kier alpha value is -2.91. The summed E-state index contributed by atoms with van der Waals surface area (Å²) in [6, 6.07) is 7.57. The SMILES string of the molecule is COC(=O)c1sc(NC(=O)CN(C)Cc2cccc(OC)c2)c(C(=O)OC)c1C. The van der Waals surface area contributed by atoms with Gasteiger partial charge in [-0.15, -0.1) is 11.3 Å². The number of amides is 1. The first kappa shape index (κ1) is 22.4. The summed E-state index contributed by atoms with van der Waals surface area (Å²) in [5.41, 5.74) is 1.56. The summed E-state index contributed by atoms with van der Waals surface area (Å²) in [5, 5.41) is 2.97. The second-order valence-electron chi connectivity index (χ2n) is 6.32. The molecule has 1 aromatic heterocycles. The number of nitrogens with zero attached hydrogens (tertiary/aromatic N) is 1. The number of ether oxygens (including phenoxy) is 3. The number of hydrogen-bond donors (Lipinski definition) is 1. The normalized spacial score (nSPS) is 10.6. The van der Waals surface area contributed by atoms with Crippen LogP contribution in [0.15, 0.2) is 24.3 Å². The molecule has 0 fully saturated rings. The second kappa shape index (κ2) is 10.0. The molecular formula is C20H24N2O6S. The fraction of sp³-hybridized carbons (Fsp3) is 0.350. The predicted octanol–water partition coefficient (Wildman–Crippen LogP) is 2.71. The fourth-order valence-corrected chi connectivity index (χ4v) is 3.92. The molecule has 0 saturated heterocycles. The van der Waals surface area contributed by atoms with Gasteiger partial charge in [-0.05, 0) is 37.2 Å². The van der Waals surface area contributed by atoms with Gasteiger partial charge in [0.05, 0.1) is 33.4 Å². The van der Waals surface area contributed by atoms with Gasteiger partial charge < -0.3 is 19.5 Å². The van der Waals surface area contributed by atoms with Crippen LogP contribution < -0.4 is 10.1 Å². The molecule has 29 heavy (non-hydrogen) atoms. The van der Waals surface area contributed by atoms with Crippen LogP contribution in [0.2, 0.25) is 0 Å². The quantitative estimate of drug-likeness (QED) is 0.656. The number of carbonyl (C=O) groups is 3. The van der Waals surface area contributed by atoms with Crippen molar-refractivity contribution in [2.75, 3.05) is 40.2 Å². The van der Waals surface area contributed by atoms with Crippen molar-refractivity contribution in [2.24, 2.45) is 0 Å². The standard InChI is InChI=1S/C20H24N2O6S/c1-12-16(19(24)27-4)18(29-17(12)20(25)28-5)21-15(23)11-22(2)10-13-7-6-8-14(9-13)26-3/h6-9H,10-11H2,1-5H3,(H,21,23). The lowest BCUT2D eigenvalue weighted by molar-refractivity contribution is -0.117. The maximum atomic E-state index is 12.5. The molecular weight excluding hydrogens is 396 g/mol. The van der Waals surface area contributed by atoms with Crippen LogP contribution in [0.1, 0.15) is 31.2 Å². The van der Waals surface area contributed by atoms with Crippen molar-refractivity contribution in [3.8, 4) is 5.75 Å². The lowest BCUT2D eigenvalue weighted by atomic mass is 10.1. The minimum Gasteiger partial charge on any atom is -0.497 e. The average Bonchev–Trinajstić information content (AvgIpc) is 3.02. The zero-order valence-electron chi connectivity index (χ0n) is 17.0. The third-order valence-corrected chi connectivity index (χ3v) is 5.35. The predicted molar refractivity (Wildman–Crippen MR) is 110 cm³/mol. The van der Waals surface area contributed by atoms with Crippen molar-refractivity contribution < 1.29 is 28.6 Å². The van der Waals surface area contributed by atoms with Crippen LogP contribution in [-0.4, -0.2) is 57.7 Å². The highest BCUT2D eigenvalue weighted by Crippen LogP contribution is 2.34. The Bertz CT molecular complexity index is 908. The van der Waals surface area contributed by atoms with Crippen molar-refractivity contribution >= 4 is 34.2 Å². The van der Waals surface area contributed by atoms with E-state index in [0.29, 0.717) is 12.1 Å². The van der Waals surface area contributed by atoms with E-state index in [9.17, 15) is 14.4 Å². The summed E-state index contributed by atoms with van der Waals surface area (Å²) in [5.74, 6) is -0.784. The summed E-state index contributed by atoms with van der Waals surface area (Å²) in [4.78, 5) is 38.7. The summed E-state index contributed by atoms with van der Waals surface area (Å²) in [6.07, 6.45) is 0. The average molecular weight is 420 g/mol. The second-order valence-corrected chi connectivity index (χ2v) is 7.34. The molecule has 0 bridgehead atoms. The summed E-state index contributed by atoms with van der Waals surface area (Å²) < 4.78 is 14.7. The van der Waals surface area contributed by atoms with Gasteiger partial charge in [-0.3, -0.25) is 9.69 Å². The van der Waals surface area contributed by atoms with E-state index in [-0.39, 0.29) is 27.9 Å². The molecule has 1 amide bonds. The molecule has 0 radical (unpaired) electrons. The lowest BCUT2D eigenvalue weighted by Crippen LogP contribution is -2.30. The molecule has 2 aromatic rings. The Morgan fingerprint density at radius 1 is 1.10 bits per heavy atom. The first-order valence-corrected chi connectivity index (χ1v) is 9.53. The highest BCUT2D eigenvalue weighted by Gasteiger charge is 2.26. The first-order chi connectivity index (χ1) is 13.8. The molecule has 156 valence electrons. The molecule has 1 N–H and O–H groups in total. The minimum atomic E-state index is -0.631. The Morgan fingerprint density at radius 3 is 2.41 bits per heavy atom. The number of esters is 2. The van der Waals surface area contributed by atoms with Crippen molar-refractivity contribution in [3.05, 3.63) is 45.8 Å². The number of benzene rings is 1. The number of rotatable bonds is 8.